The third kappa shape index (κ3) is 1.24. The van der Waals surface area contributed by atoms with Crippen molar-refractivity contribution in [1.29, 1.82) is 0 Å². The number of imidazole rings is 1. The number of aryl methyl sites for hydroxylation is 1. The number of benzene rings is 1. The van der Waals surface area contributed by atoms with E-state index in [1.54, 1.807) is 13.0 Å². The number of rotatable bonds is 1. The van der Waals surface area contributed by atoms with E-state index in [1.807, 2.05) is 0 Å². The molecule has 1 aliphatic rings. The van der Waals surface area contributed by atoms with E-state index in [1.165, 1.54) is 17.0 Å². The fraction of sp³-hybridized carbons (Fsp3) is 0.364. The topological polar surface area (TPSA) is 17.8 Å². The first-order valence-corrected chi connectivity index (χ1v) is 4.99. The molecule has 0 radical (unpaired) electrons. The number of alkyl halides is 2. The predicted molar refractivity (Wildman–Crippen MR) is 53.0 cm³/mol. The Hall–Kier alpha value is -1.52. The molecule has 1 aliphatic carbocycles. The van der Waals surface area contributed by atoms with E-state index >= 15 is 0 Å². The molecule has 0 amide bonds. The molecule has 0 N–H and O–H groups in total. The van der Waals surface area contributed by atoms with Crippen LogP contribution in [0.4, 0.5) is 13.2 Å². The summed E-state index contributed by atoms with van der Waals surface area (Å²) in [7, 11) is 0. The second-order valence-electron chi connectivity index (χ2n) is 4.22. The van der Waals surface area contributed by atoms with Crippen LogP contribution in [0.15, 0.2) is 18.5 Å². The van der Waals surface area contributed by atoms with Crippen molar-refractivity contribution in [2.45, 2.75) is 25.3 Å². The second kappa shape index (κ2) is 2.78. The summed E-state index contributed by atoms with van der Waals surface area (Å²) < 4.78 is 40.6. The van der Waals surface area contributed by atoms with Gasteiger partial charge in [-0.25, -0.2) is 18.2 Å². The Kier molecular flexibility index (Phi) is 1.68. The van der Waals surface area contributed by atoms with Gasteiger partial charge < -0.3 is 4.57 Å². The summed E-state index contributed by atoms with van der Waals surface area (Å²) in [5, 5.41) is 0. The minimum Gasteiger partial charge on any atom is -0.321 e. The van der Waals surface area contributed by atoms with E-state index in [2.05, 4.69) is 4.98 Å². The molecule has 1 unspecified atom stereocenters. The fourth-order valence-corrected chi connectivity index (χ4v) is 1.90. The van der Waals surface area contributed by atoms with Gasteiger partial charge in [-0.1, -0.05) is 0 Å². The molecule has 1 saturated carbocycles. The molecule has 1 aromatic heterocycles. The molecule has 1 heterocycles. The smallest absolute Gasteiger partial charge is 0.270 e. The first-order chi connectivity index (χ1) is 7.49. The lowest BCUT2D eigenvalue weighted by Crippen LogP contribution is -2.01. The number of hydrogen-bond donors (Lipinski definition) is 0. The molecule has 2 nitrogen and oxygen atoms in total. The van der Waals surface area contributed by atoms with Crippen LogP contribution in [0, 0.1) is 12.7 Å². The van der Waals surface area contributed by atoms with E-state index in [9.17, 15) is 13.2 Å². The van der Waals surface area contributed by atoms with Gasteiger partial charge in [-0.05, 0) is 18.6 Å². The van der Waals surface area contributed by atoms with Gasteiger partial charge in [0.15, 0.2) is 0 Å². The number of fused-ring (bicyclic) bond motifs is 1. The summed E-state index contributed by atoms with van der Waals surface area (Å²) in [4.78, 5) is 4.01. The normalized spacial score (nSPS) is 22.6. The van der Waals surface area contributed by atoms with Gasteiger partial charge in [0.1, 0.15) is 11.9 Å². The Balaban J connectivity index is 2.17. The van der Waals surface area contributed by atoms with Gasteiger partial charge >= 0.3 is 0 Å². The first kappa shape index (κ1) is 9.69. The average Bonchev–Trinajstić information content (AvgIpc) is 2.66. The maximum Gasteiger partial charge on any atom is 0.270 e. The van der Waals surface area contributed by atoms with Crippen LogP contribution in [0.1, 0.15) is 18.0 Å². The molecule has 84 valence electrons. The van der Waals surface area contributed by atoms with Gasteiger partial charge in [-0.3, -0.25) is 0 Å². The van der Waals surface area contributed by atoms with E-state index in [4.69, 9.17) is 0 Å². The number of nitrogens with zero attached hydrogens (tertiary/aromatic N) is 2. The minimum atomic E-state index is -2.67. The van der Waals surface area contributed by atoms with Crippen LogP contribution in [-0.4, -0.2) is 15.5 Å². The zero-order valence-electron chi connectivity index (χ0n) is 8.54. The van der Waals surface area contributed by atoms with Crippen LogP contribution in [-0.2, 0) is 0 Å². The highest BCUT2D eigenvalue weighted by Crippen LogP contribution is 2.53. The molecule has 0 saturated heterocycles. The molecule has 1 atom stereocenters. The maximum absolute atomic E-state index is 13.4. The number of hydrogen-bond acceptors (Lipinski definition) is 1. The Labute approximate surface area is 89.7 Å². The average molecular weight is 226 g/mol. The van der Waals surface area contributed by atoms with Gasteiger partial charge in [0, 0.05) is 12.5 Å². The Morgan fingerprint density at radius 1 is 1.44 bits per heavy atom. The van der Waals surface area contributed by atoms with Crippen molar-refractivity contribution in [3.05, 3.63) is 29.8 Å². The van der Waals surface area contributed by atoms with E-state index in [0.29, 0.717) is 16.6 Å². The van der Waals surface area contributed by atoms with Gasteiger partial charge in [-0.15, -0.1) is 0 Å². The van der Waals surface area contributed by atoms with Gasteiger partial charge in [0.25, 0.3) is 5.92 Å². The van der Waals surface area contributed by atoms with Crippen LogP contribution >= 0.6 is 0 Å². The Morgan fingerprint density at radius 3 is 2.75 bits per heavy atom. The zero-order valence-corrected chi connectivity index (χ0v) is 8.54. The Bertz CT molecular complexity index is 574. The highest BCUT2D eigenvalue weighted by molar-refractivity contribution is 5.76. The van der Waals surface area contributed by atoms with E-state index in [0.717, 1.165) is 0 Å². The van der Waals surface area contributed by atoms with Gasteiger partial charge in [0.2, 0.25) is 0 Å². The van der Waals surface area contributed by atoms with Crippen molar-refractivity contribution >= 4 is 11.0 Å². The molecule has 2 aromatic rings. The lowest BCUT2D eigenvalue weighted by Gasteiger charge is -2.03. The lowest BCUT2D eigenvalue weighted by molar-refractivity contribution is 0.101. The highest BCUT2D eigenvalue weighted by atomic mass is 19.3. The molecule has 3 rings (SSSR count). The number of halogens is 3. The molecule has 1 aromatic carbocycles. The molecular formula is C11H9F3N2. The highest BCUT2D eigenvalue weighted by Gasteiger charge is 2.58. The SMILES string of the molecule is Cc1cc2ncn(C3CC3(F)F)c2cc1F. The molecule has 0 aliphatic heterocycles. The monoisotopic (exact) mass is 226 g/mol. The van der Waals surface area contributed by atoms with Crippen molar-refractivity contribution in [2.24, 2.45) is 0 Å². The maximum atomic E-state index is 13.4. The molecule has 16 heavy (non-hydrogen) atoms. The summed E-state index contributed by atoms with van der Waals surface area (Å²) in [6, 6.07) is 1.98. The molecular weight excluding hydrogens is 217 g/mol. The Morgan fingerprint density at radius 2 is 2.12 bits per heavy atom. The van der Waals surface area contributed by atoms with Crippen molar-refractivity contribution in [1.82, 2.24) is 9.55 Å². The summed E-state index contributed by atoms with van der Waals surface area (Å²) in [5.74, 6) is -3.06. The van der Waals surface area contributed by atoms with Crippen LogP contribution in [0.2, 0.25) is 0 Å². The van der Waals surface area contributed by atoms with Crippen molar-refractivity contribution in [3.8, 4) is 0 Å². The summed E-state index contributed by atoms with van der Waals surface area (Å²) >= 11 is 0. The molecule has 0 spiro atoms. The zero-order chi connectivity index (χ0) is 11.5. The van der Waals surface area contributed by atoms with Crippen LogP contribution in [0.5, 0.6) is 0 Å². The third-order valence-corrected chi connectivity index (χ3v) is 2.98. The van der Waals surface area contributed by atoms with Crippen molar-refractivity contribution in [2.75, 3.05) is 0 Å². The fourth-order valence-electron chi connectivity index (χ4n) is 1.90. The standard InChI is InChI=1S/C11H9F3N2/c1-6-2-8-9(3-7(6)12)16(5-15-8)10-4-11(10,13)14/h2-3,5,10H,4H2,1H3. The summed E-state index contributed by atoms with van der Waals surface area (Å²) in [5.41, 5.74) is 1.46. The van der Waals surface area contributed by atoms with Crippen molar-refractivity contribution < 1.29 is 13.2 Å². The largest absolute Gasteiger partial charge is 0.321 e. The number of aromatic nitrogens is 2. The van der Waals surface area contributed by atoms with E-state index in [-0.39, 0.29) is 6.42 Å². The molecule has 1 fully saturated rings. The van der Waals surface area contributed by atoms with E-state index < -0.39 is 17.8 Å². The minimum absolute atomic E-state index is 0.187. The van der Waals surface area contributed by atoms with Crippen LogP contribution < -0.4 is 0 Å². The quantitative estimate of drug-likeness (QED) is 0.730. The summed E-state index contributed by atoms with van der Waals surface area (Å²) in [6.07, 6.45) is 1.17. The lowest BCUT2D eigenvalue weighted by atomic mass is 10.2. The van der Waals surface area contributed by atoms with Crippen LogP contribution in [0.3, 0.4) is 0 Å². The first-order valence-electron chi connectivity index (χ1n) is 4.99. The van der Waals surface area contributed by atoms with Crippen LogP contribution in [0.25, 0.3) is 11.0 Å². The molecule has 0 bridgehead atoms. The van der Waals surface area contributed by atoms with Gasteiger partial charge in [-0.2, -0.15) is 0 Å². The second-order valence-corrected chi connectivity index (χ2v) is 4.22. The molecule has 5 heteroatoms. The third-order valence-electron chi connectivity index (χ3n) is 2.98. The van der Waals surface area contributed by atoms with Crippen molar-refractivity contribution in [3.63, 3.8) is 0 Å². The predicted octanol–water partition coefficient (Wildman–Crippen LogP) is 3.06. The van der Waals surface area contributed by atoms with Gasteiger partial charge in [0.05, 0.1) is 17.4 Å². The summed E-state index contributed by atoms with van der Waals surface area (Å²) in [6.45, 7) is 1.62.